The Kier molecular flexibility index (Phi) is 3.09. The molecule has 5 atom stereocenters. The minimum Gasteiger partial charge on any atom is -0.457 e. The molecule has 0 aromatic rings. The van der Waals surface area contributed by atoms with Crippen LogP contribution < -0.4 is 0 Å². The third-order valence-electron chi connectivity index (χ3n) is 3.92. The normalized spacial score (nSPS) is 42.3. The van der Waals surface area contributed by atoms with Gasteiger partial charge in [-0.2, -0.15) is 5.06 Å². The van der Waals surface area contributed by atoms with Crippen LogP contribution in [0, 0.1) is 5.92 Å². The number of hydrogen-bond acceptors (Lipinski definition) is 6. The van der Waals surface area contributed by atoms with Crippen LogP contribution in [-0.2, 0) is 19.1 Å². The summed E-state index contributed by atoms with van der Waals surface area (Å²) in [5, 5.41) is 11.1. The summed E-state index contributed by atoms with van der Waals surface area (Å²) in [5.74, 6) is -0.618. The van der Waals surface area contributed by atoms with Crippen LogP contribution in [0.3, 0.4) is 0 Å². The van der Waals surface area contributed by atoms with Crippen molar-refractivity contribution in [3.63, 3.8) is 0 Å². The number of fused-ring (bicyclic) bond motifs is 3. The Morgan fingerprint density at radius 2 is 2.21 bits per heavy atom. The van der Waals surface area contributed by atoms with Gasteiger partial charge in [0, 0.05) is 6.54 Å². The molecule has 3 aliphatic rings. The number of carbonyl (C=O) groups is 1. The molecule has 3 saturated heterocycles. The topological polar surface area (TPSA) is 68.2 Å². The molecule has 0 unspecified atom stereocenters. The van der Waals surface area contributed by atoms with Crippen LogP contribution in [0.2, 0.25) is 0 Å². The largest absolute Gasteiger partial charge is 0.457 e. The number of aliphatic hydroxyl groups is 1. The van der Waals surface area contributed by atoms with Crippen LogP contribution in [0.15, 0.2) is 0 Å². The summed E-state index contributed by atoms with van der Waals surface area (Å²) < 4.78 is 11.2. The molecule has 0 radical (unpaired) electrons. The maximum absolute atomic E-state index is 12.0. The fourth-order valence-electron chi connectivity index (χ4n) is 3.30. The molecule has 0 aromatic heterocycles. The van der Waals surface area contributed by atoms with Gasteiger partial charge in [-0.25, -0.2) is 0 Å². The van der Waals surface area contributed by atoms with Crippen molar-refractivity contribution in [1.82, 2.24) is 5.06 Å². The SMILES string of the molecule is CC(C)(C)O[C@H]1CCN2O[C@H]3[C@H](C(=O)O[C@H]3CO)[C@@H]12. The smallest absolute Gasteiger partial charge is 0.314 e. The Morgan fingerprint density at radius 1 is 1.47 bits per heavy atom. The lowest BCUT2D eigenvalue weighted by Gasteiger charge is -2.29. The lowest BCUT2D eigenvalue weighted by atomic mass is 9.91. The Balaban J connectivity index is 1.79. The van der Waals surface area contributed by atoms with E-state index in [0.717, 1.165) is 13.0 Å². The number of carbonyl (C=O) groups excluding carboxylic acids is 1. The zero-order valence-corrected chi connectivity index (χ0v) is 11.5. The van der Waals surface area contributed by atoms with Crippen molar-refractivity contribution >= 4 is 5.97 Å². The second kappa shape index (κ2) is 4.41. The van der Waals surface area contributed by atoms with Gasteiger partial charge in [-0.05, 0) is 27.2 Å². The molecule has 0 bridgehead atoms. The van der Waals surface area contributed by atoms with Crippen LogP contribution in [0.1, 0.15) is 27.2 Å². The minimum absolute atomic E-state index is 0.0278. The lowest BCUT2D eigenvalue weighted by molar-refractivity contribution is -0.188. The van der Waals surface area contributed by atoms with Crippen molar-refractivity contribution < 1.29 is 24.2 Å². The molecule has 6 nitrogen and oxygen atoms in total. The molecule has 3 aliphatic heterocycles. The minimum atomic E-state index is -0.543. The van der Waals surface area contributed by atoms with Crippen molar-refractivity contribution in [3.8, 4) is 0 Å². The number of nitrogens with zero attached hydrogens (tertiary/aromatic N) is 1. The van der Waals surface area contributed by atoms with Crippen molar-refractivity contribution in [1.29, 1.82) is 0 Å². The zero-order valence-electron chi connectivity index (χ0n) is 11.5. The zero-order chi connectivity index (χ0) is 13.8. The molecule has 0 spiro atoms. The van der Waals surface area contributed by atoms with E-state index in [2.05, 4.69) is 0 Å². The third-order valence-corrected chi connectivity index (χ3v) is 3.92. The van der Waals surface area contributed by atoms with Crippen molar-refractivity contribution in [2.75, 3.05) is 13.2 Å². The van der Waals surface area contributed by atoms with Crippen molar-refractivity contribution in [2.24, 2.45) is 5.92 Å². The van der Waals surface area contributed by atoms with Crippen LogP contribution >= 0.6 is 0 Å². The first kappa shape index (κ1) is 13.3. The van der Waals surface area contributed by atoms with Crippen LogP contribution in [0.25, 0.3) is 0 Å². The van der Waals surface area contributed by atoms with E-state index in [-0.39, 0.29) is 42.3 Å². The summed E-state index contributed by atoms with van der Waals surface area (Å²) in [4.78, 5) is 17.8. The maximum Gasteiger partial charge on any atom is 0.314 e. The van der Waals surface area contributed by atoms with E-state index in [1.807, 2.05) is 25.8 Å². The average Bonchev–Trinajstić information content (AvgIpc) is 2.90. The van der Waals surface area contributed by atoms with Gasteiger partial charge in [0.1, 0.15) is 12.0 Å². The molecule has 0 aliphatic carbocycles. The Morgan fingerprint density at radius 3 is 2.84 bits per heavy atom. The number of cyclic esters (lactones) is 1. The molecule has 0 amide bonds. The summed E-state index contributed by atoms with van der Waals surface area (Å²) >= 11 is 0. The number of hydroxylamine groups is 2. The second-order valence-electron chi connectivity index (χ2n) is 6.44. The van der Waals surface area contributed by atoms with E-state index in [9.17, 15) is 9.90 Å². The fourth-order valence-corrected chi connectivity index (χ4v) is 3.30. The highest BCUT2D eigenvalue weighted by Crippen LogP contribution is 2.43. The molecule has 19 heavy (non-hydrogen) atoms. The number of rotatable bonds is 2. The number of esters is 1. The van der Waals surface area contributed by atoms with E-state index in [1.165, 1.54) is 0 Å². The molecule has 3 heterocycles. The molecule has 1 N–H and O–H groups in total. The Bertz CT molecular complexity index is 380. The molecule has 108 valence electrons. The molecular weight excluding hydrogens is 250 g/mol. The second-order valence-corrected chi connectivity index (χ2v) is 6.44. The van der Waals surface area contributed by atoms with E-state index in [1.54, 1.807) is 0 Å². The Labute approximate surface area is 112 Å². The van der Waals surface area contributed by atoms with Gasteiger partial charge in [-0.1, -0.05) is 0 Å². The van der Waals surface area contributed by atoms with Gasteiger partial charge in [0.25, 0.3) is 0 Å². The fraction of sp³-hybridized carbons (Fsp3) is 0.923. The first-order valence-corrected chi connectivity index (χ1v) is 6.83. The lowest BCUT2D eigenvalue weighted by Crippen LogP contribution is -2.41. The highest BCUT2D eigenvalue weighted by molar-refractivity contribution is 5.77. The van der Waals surface area contributed by atoms with E-state index < -0.39 is 6.10 Å². The number of ether oxygens (including phenoxy) is 2. The first-order chi connectivity index (χ1) is 8.90. The van der Waals surface area contributed by atoms with Gasteiger partial charge < -0.3 is 14.6 Å². The van der Waals surface area contributed by atoms with Gasteiger partial charge in [0.2, 0.25) is 0 Å². The molecule has 6 heteroatoms. The highest BCUT2D eigenvalue weighted by Gasteiger charge is 2.61. The molecule has 0 aromatic carbocycles. The van der Waals surface area contributed by atoms with Gasteiger partial charge in [-0.15, -0.1) is 0 Å². The summed E-state index contributed by atoms with van der Waals surface area (Å²) in [6.07, 6.45) is -0.0883. The summed E-state index contributed by atoms with van der Waals surface area (Å²) in [6.45, 7) is 6.58. The monoisotopic (exact) mass is 271 g/mol. The van der Waals surface area contributed by atoms with Gasteiger partial charge in [-0.3, -0.25) is 9.63 Å². The van der Waals surface area contributed by atoms with Crippen LogP contribution in [0.4, 0.5) is 0 Å². The predicted octanol–water partition coefficient (Wildman–Crippen LogP) is 0.0921. The van der Waals surface area contributed by atoms with Crippen LogP contribution in [0.5, 0.6) is 0 Å². The van der Waals surface area contributed by atoms with E-state index >= 15 is 0 Å². The average molecular weight is 271 g/mol. The van der Waals surface area contributed by atoms with Crippen molar-refractivity contribution in [2.45, 2.75) is 57.1 Å². The van der Waals surface area contributed by atoms with Gasteiger partial charge >= 0.3 is 5.97 Å². The Hall–Kier alpha value is -0.690. The molecule has 3 rings (SSSR count). The quantitative estimate of drug-likeness (QED) is 0.718. The number of aliphatic hydroxyl groups excluding tert-OH is 1. The summed E-state index contributed by atoms with van der Waals surface area (Å²) in [6, 6.07) is -0.0896. The molecule has 0 saturated carbocycles. The first-order valence-electron chi connectivity index (χ1n) is 6.83. The predicted molar refractivity (Wildman–Crippen MR) is 65.1 cm³/mol. The summed E-state index contributed by atoms with van der Waals surface area (Å²) in [5.41, 5.74) is -0.252. The standard InChI is InChI=1S/C13H21NO5/c1-13(2,3)18-7-4-5-14-10(7)9-11(19-14)8(6-15)17-12(9)16/h7-11,15H,4-6H2,1-3H3/t7-,8-,9+,10+,11+/m0/s1. The van der Waals surface area contributed by atoms with Gasteiger partial charge in [0.15, 0.2) is 6.10 Å². The highest BCUT2D eigenvalue weighted by atomic mass is 16.7. The molecular formula is C13H21NO5. The summed E-state index contributed by atoms with van der Waals surface area (Å²) in [7, 11) is 0. The van der Waals surface area contributed by atoms with E-state index in [4.69, 9.17) is 14.3 Å². The molecule has 3 fully saturated rings. The van der Waals surface area contributed by atoms with Gasteiger partial charge in [0.05, 0.1) is 24.4 Å². The maximum atomic E-state index is 12.0. The van der Waals surface area contributed by atoms with E-state index in [0.29, 0.717) is 0 Å². The van der Waals surface area contributed by atoms with Crippen molar-refractivity contribution in [3.05, 3.63) is 0 Å². The number of hydrogen-bond donors (Lipinski definition) is 1. The van der Waals surface area contributed by atoms with Crippen LogP contribution in [-0.4, -0.2) is 59.2 Å². The third kappa shape index (κ3) is 2.16.